The van der Waals surface area contributed by atoms with Crippen LogP contribution in [0.2, 0.25) is 0 Å². The molecule has 5 rings (SSSR count). The number of hydrogen-bond donors (Lipinski definition) is 2. The van der Waals surface area contributed by atoms with E-state index in [9.17, 15) is 14.4 Å². The topological polar surface area (TPSA) is 143 Å². The average molecular weight is 574 g/mol. The zero-order valence-corrected chi connectivity index (χ0v) is 24.1. The number of fused-ring (bicyclic) bond motifs is 2. The molecule has 13 heteroatoms. The summed E-state index contributed by atoms with van der Waals surface area (Å²) < 4.78 is 0.784. The summed E-state index contributed by atoms with van der Waals surface area (Å²) >= 11 is 3.83. The maximum atomic E-state index is 13.6. The van der Waals surface area contributed by atoms with Crippen LogP contribution in [-0.2, 0) is 19.4 Å². The average Bonchev–Trinajstić information content (AvgIpc) is 2.87. The standard InChI is InChI=1S/C25H24N4O3.H2N2S.H2NS.H2S/c1-26-23(30)15-8-10-17(11-9-15)28-24(31)19-7-5-6-18-21(19)20(25(28)32)12-16-13-29(3,4)14-27(2)22(16)18;1-3-2;1-2;/h5-12H,13-14H2,1-4H3;1-2H;1H2;1H2/q;-2;-1;/p+1. The number of nitrogens with two attached hydrogens (primary N) is 1. The van der Waals surface area contributed by atoms with Crippen LogP contribution in [0.1, 0.15) is 36.6 Å². The van der Waals surface area contributed by atoms with Gasteiger partial charge in [-0.1, -0.05) is 12.1 Å². The molecule has 2 heterocycles. The van der Waals surface area contributed by atoms with Gasteiger partial charge in [0.1, 0.15) is 6.54 Å². The van der Waals surface area contributed by atoms with E-state index in [2.05, 4.69) is 49.3 Å². The van der Waals surface area contributed by atoms with Gasteiger partial charge in [0.05, 0.1) is 25.5 Å². The molecule has 0 bridgehead atoms. The molecule has 3 amide bonds. The van der Waals surface area contributed by atoms with Crippen LogP contribution in [0.5, 0.6) is 0 Å². The Balaban J connectivity index is 0.000000791. The molecule has 0 unspecified atom stereocenters. The van der Waals surface area contributed by atoms with E-state index in [0.29, 0.717) is 22.4 Å². The Labute approximate surface area is 239 Å². The van der Waals surface area contributed by atoms with Crippen molar-refractivity contribution in [3.8, 4) is 0 Å². The van der Waals surface area contributed by atoms with Crippen molar-refractivity contribution in [1.82, 2.24) is 5.32 Å². The molecule has 38 heavy (non-hydrogen) atoms. The van der Waals surface area contributed by atoms with Gasteiger partial charge < -0.3 is 55.1 Å². The number of quaternary nitrogens is 1. The number of carbonyl (C=O) groups is 3. The number of carbonyl (C=O) groups excluding carboxylic acids is 3. The van der Waals surface area contributed by atoms with E-state index < -0.39 is 0 Å². The summed E-state index contributed by atoms with van der Waals surface area (Å²) in [6.45, 7) is 1.65. The number of anilines is 2. The lowest BCUT2D eigenvalue weighted by Crippen LogP contribution is -2.50. The van der Waals surface area contributed by atoms with E-state index in [1.54, 1.807) is 37.4 Å². The van der Waals surface area contributed by atoms with Crippen molar-refractivity contribution >= 4 is 78.3 Å². The quantitative estimate of drug-likeness (QED) is 0.203. The molecule has 5 N–H and O–H groups in total. The highest BCUT2D eigenvalue weighted by atomic mass is 32.2. The van der Waals surface area contributed by atoms with Crippen LogP contribution in [0.3, 0.4) is 0 Å². The fourth-order valence-corrected chi connectivity index (χ4v) is 5.08. The summed E-state index contributed by atoms with van der Waals surface area (Å²) in [5.41, 5.74) is 4.16. The third-order valence-corrected chi connectivity index (χ3v) is 6.27. The first-order valence-electron chi connectivity index (χ1n) is 11.2. The van der Waals surface area contributed by atoms with Crippen LogP contribution in [0.15, 0.2) is 48.5 Å². The minimum atomic E-state index is -0.352. The van der Waals surface area contributed by atoms with Crippen LogP contribution in [0, 0.1) is 0 Å². The molecule has 2 aliphatic rings. The number of nitrogens with one attached hydrogen (secondary N) is 3. The second kappa shape index (κ2) is 12.8. The summed E-state index contributed by atoms with van der Waals surface area (Å²) in [7, 11) is 7.94. The molecular weight excluding hydrogens is 543 g/mol. The SMILES string of the molecule is CNC(=O)c1ccc(N2C(=O)c3cccc4c5c(cc(c34)C2=O)C[N+](C)(C)CN5C)cc1.N[S-].S.[NH-]S[NH-]. The van der Waals surface area contributed by atoms with Crippen molar-refractivity contribution in [2.45, 2.75) is 6.54 Å². The largest absolute Gasteiger partial charge is 0.709 e. The lowest BCUT2D eigenvalue weighted by molar-refractivity contribution is -0.904. The fraction of sp³-hybridized carbons (Fsp3) is 0.240. The molecule has 3 aromatic rings. The molecular formula is C25H31N7O3S3-2. The van der Waals surface area contributed by atoms with Crippen LogP contribution in [0.25, 0.3) is 21.1 Å². The highest BCUT2D eigenvalue weighted by Crippen LogP contribution is 2.42. The summed E-state index contributed by atoms with van der Waals surface area (Å²) in [6.07, 6.45) is 0. The molecule has 0 aliphatic carbocycles. The van der Waals surface area contributed by atoms with Crippen LogP contribution < -0.4 is 20.3 Å². The number of imide groups is 1. The normalized spacial score (nSPS) is 14.8. The molecule has 0 saturated carbocycles. The zero-order valence-electron chi connectivity index (χ0n) is 21.5. The molecule has 0 aromatic heterocycles. The summed E-state index contributed by atoms with van der Waals surface area (Å²) in [5, 5.41) is 19.9. The second-order valence-corrected chi connectivity index (χ2v) is 9.47. The van der Waals surface area contributed by atoms with Gasteiger partial charge >= 0.3 is 0 Å². The van der Waals surface area contributed by atoms with Gasteiger partial charge in [-0.15, -0.1) is 0 Å². The lowest BCUT2D eigenvalue weighted by Gasteiger charge is -2.41. The first-order chi connectivity index (χ1) is 17.6. The molecule has 0 fully saturated rings. The lowest BCUT2D eigenvalue weighted by atomic mass is 9.89. The van der Waals surface area contributed by atoms with Crippen molar-refractivity contribution in [3.63, 3.8) is 0 Å². The zero-order chi connectivity index (χ0) is 27.5. The van der Waals surface area contributed by atoms with Crippen LogP contribution in [0.4, 0.5) is 11.4 Å². The van der Waals surface area contributed by atoms with E-state index in [0.717, 1.165) is 39.7 Å². The highest BCUT2D eigenvalue weighted by Gasteiger charge is 2.38. The van der Waals surface area contributed by atoms with Crippen LogP contribution >= 0.6 is 25.6 Å². The molecule has 10 nitrogen and oxygen atoms in total. The Hall–Kier alpha value is -2.78. The minimum absolute atomic E-state index is 0. The van der Waals surface area contributed by atoms with E-state index in [-0.39, 0.29) is 43.4 Å². The summed E-state index contributed by atoms with van der Waals surface area (Å²) in [4.78, 5) is 42.4. The van der Waals surface area contributed by atoms with Gasteiger partial charge in [-0.2, -0.15) is 13.5 Å². The predicted octanol–water partition coefficient (Wildman–Crippen LogP) is 4.16. The molecule has 204 valence electrons. The van der Waals surface area contributed by atoms with Gasteiger partial charge in [-0.25, -0.2) is 4.90 Å². The molecule has 0 spiro atoms. The predicted molar refractivity (Wildman–Crippen MR) is 162 cm³/mol. The maximum Gasteiger partial charge on any atom is 0.266 e. The van der Waals surface area contributed by atoms with Crippen molar-refractivity contribution in [2.24, 2.45) is 5.14 Å². The first-order valence-corrected chi connectivity index (χ1v) is 12.5. The number of hydrogen-bond acceptors (Lipinski definition) is 7. The van der Waals surface area contributed by atoms with Gasteiger partial charge in [0.2, 0.25) is 0 Å². The molecule has 0 atom stereocenters. The number of amides is 3. The molecule has 0 radical (unpaired) electrons. The Morgan fingerprint density at radius 1 is 1.05 bits per heavy atom. The van der Waals surface area contributed by atoms with Crippen LogP contribution in [-0.4, -0.2) is 57.1 Å². The van der Waals surface area contributed by atoms with Gasteiger partial charge in [0, 0.05) is 47.1 Å². The number of rotatable bonds is 2. The maximum absolute atomic E-state index is 13.6. The Bertz CT molecular complexity index is 1350. The van der Waals surface area contributed by atoms with E-state index in [4.69, 9.17) is 10.3 Å². The van der Waals surface area contributed by atoms with E-state index in [1.165, 1.54) is 4.90 Å². The van der Waals surface area contributed by atoms with Gasteiger partial charge in [-0.05, 0) is 36.4 Å². The first kappa shape index (κ1) is 31.4. The Morgan fingerprint density at radius 2 is 1.63 bits per heavy atom. The molecule has 0 saturated heterocycles. The molecule has 3 aromatic carbocycles. The third-order valence-electron chi connectivity index (χ3n) is 6.27. The molecule has 2 aliphatic heterocycles. The summed E-state index contributed by atoms with van der Waals surface area (Å²) in [5.74, 6) is -0.914. The monoisotopic (exact) mass is 573 g/mol. The Kier molecular flexibility index (Phi) is 10.6. The van der Waals surface area contributed by atoms with Gasteiger partial charge in [0.15, 0.2) is 6.67 Å². The van der Waals surface area contributed by atoms with Gasteiger partial charge in [0.25, 0.3) is 17.7 Å². The Morgan fingerprint density at radius 3 is 2.21 bits per heavy atom. The smallest absolute Gasteiger partial charge is 0.266 e. The van der Waals surface area contributed by atoms with Crippen molar-refractivity contribution < 1.29 is 18.9 Å². The third kappa shape index (κ3) is 5.78. The van der Waals surface area contributed by atoms with Crippen molar-refractivity contribution in [3.05, 3.63) is 81.1 Å². The number of nitrogens with zero attached hydrogens (tertiary/aromatic N) is 3. The van der Waals surface area contributed by atoms with Crippen molar-refractivity contribution in [1.29, 1.82) is 0 Å². The fourth-order valence-electron chi connectivity index (χ4n) is 5.08. The number of benzene rings is 3. The second-order valence-electron chi connectivity index (χ2n) is 9.27. The van der Waals surface area contributed by atoms with Crippen molar-refractivity contribution in [2.75, 3.05) is 44.7 Å². The van der Waals surface area contributed by atoms with Gasteiger partial charge in [-0.3, -0.25) is 14.4 Å². The highest BCUT2D eigenvalue weighted by molar-refractivity contribution is 8.02. The van der Waals surface area contributed by atoms with E-state index >= 15 is 0 Å². The minimum Gasteiger partial charge on any atom is -0.709 e. The van der Waals surface area contributed by atoms with E-state index in [1.807, 2.05) is 18.2 Å². The summed E-state index contributed by atoms with van der Waals surface area (Å²) in [6, 6.07) is 14.1.